The second-order valence-corrected chi connectivity index (χ2v) is 7.63. The first-order valence-electron chi connectivity index (χ1n) is 9.99. The van der Waals surface area contributed by atoms with Gasteiger partial charge in [0.25, 0.3) is 0 Å². The molecule has 0 aliphatic heterocycles. The van der Waals surface area contributed by atoms with Crippen molar-refractivity contribution in [2.75, 3.05) is 19.4 Å². The predicted octanol–water partition coefficient (Wildman–Crippen LogP) is 4.21. The van der Waals surface area contributed by atoms with Gasteiger partial charge in [-0.05, 0) is 49.5 Å². The molecule has 2 heterocycles. The lowest BCUT2D eigenvalue weighted by molar-refractivity contribution is -0.114. The molecular weight excluding hydrogens is 388 g/mol. The average molecular weight is 412 g/mol. The zero-order valence-corrected chi connectivity index (χ0v) is 17.8. The summed E-state index contributed by atoms with van der Waals surface area (Å²) in [6.07, 6.45) is 5.70. The monoisotopic (exact) mass is 412 g/mol. The normalized spacial score (nSPS) is 11.5. The zero-order valence-electron chi connectivity index (χ0n) is 17.8. The van der Waals surface area contributed by atoms with Crippen LogP contribution < -0.4 is 5.32 Å². The quantitative estimate of drug-likeness (QED) is 0.495. The fraction of sp³-hybridized carbons (Fsp3) is 0.167. The van der Waals surface area contributed by atoms with Crippen LogP contribution in [0.25, 0.3) is 34.3 Å². The molecule has 7 heteroatoms. The minimum Gasteiger partial charge on any atom is -0.305 e. The number of anilines is 1. The highest BCUT2D eigenvalue weighted by Gasteiger charge is 2.08. The summed E-state index contributed by atoms with van der Waals surface area (Å²) in [5.74, 6) is 0.0832. The molecule has 0 radical (unpaired) electrons. The Balaban J connectivity index is 1.55. The molecule has 0 spiro atoms. The molecule has 0 aliphatic carbocycles. The molecule has 156 valence electrons. The number of rotatable bonds is 6. The number of hydrogen-bond donors (Lipinski definition) is 2. The number of hydrogen-bond acceptors (Lipinski definition) is 5. The van der Waals surface area contributed by atoms with Gasteiger partial charge in [-0.3, -0.25) is 15.2 Å². The van der Waals surface area contributed by atoms with E-state index >= 15 is 0 Å². The van der Waals surface area contributed by atoms with Crippen LogP contribution in [-0.2, 0) is 11.3 Å². The van der Waals surface area contributed by atoms with Crippen molar-refractivity contribution < 1.29 is 4.79 Å². The van der Waals surface area contributed by atoms with Crippen LogP contribution in [0.5, 0.6) is 0 Å². The molecule has 0 aliphatic rings. The van der Waals surface area contributed by atoms with Gasteiger partial charge in [0.1, 0.15) is 0 Å². The molecule has 0 atom stereocenters. The first kappa shape index (κ1) is 20.4. The summed E-state index contributed by atoms with van der Waals surface area (Å²) in [5.41, 5.74) is 5.84. The molecule has 1 amide bonds. The Labute approximate surface area is 180 Å². The third kappa shape index (κ3) is 5.02. The van der Waals surface area contributed by atoms with Gasteiger partial charge in [0, 0.05) is 30.6 Å². The van der Waals surface area contributed by atoms with E-state index in [4.69, 9.17) is 0 Å². The smallest absolute Gasteiger partial charge is 0.229 e. The van der Waals surface area contributed by atoms with E-state index in [9.17, 15) is 4.79 Å². The van der Waals surface area contributed by atoms with Crippen LogP contribution in [0.15, 0.2) is 54.7 Å². The predicted molar refractivity (Wildman–Crippen MR) is 124 cm³/mol. The van der Waals surface area contributed by atoms with E-state index in [2.05, 4.69) is 74.8 Å². The summed E-state index contributed by atoms with van der Waals surface area (Å²) in [6.45, 7) is 2.36. The Hall–Kier alpha value is -3.84. The molecule has 0 bridgehead atoms. The Morgan fingerprint density at radius 2 is 1.90 bits per heavy atom. The molecule has 4 aromatic rings. The second kappa shape index (κ2) is 8.89. The maximum absolute atomic E-state index is 11.2. The number of H-pyrrole nitrogens is 1. The molecule has 0 saturated carbocycles. The third-order valence-electron chi connectivity index (χ3n) is 4.74. The lowest BCUT2D eigenvalue weighted by Crippen LogP contribution is -2.10. The lowest BCUT2D eigenvalue weighted by Gasteiger charge is -2.09. The summed E-state index contributed by atoms with van der Waals surface area (Å²) in [7, 11) is 4.13. The van der Waals surface area contributed by atoms with Crippen molar-refractivity contribution in [1.82, 2.24) is 25.1 Å². The van der Waals surface area contributed by atoms with Crippen molar-refractivity contribution in [2.24, 2.45) is 0 Å². The van der Waals surface area contributed by atoms with Crippen LogP contribution in [-0.4, -0.2) is 45.1 Å². The van der Waals surface area contributed by atoms with E-state index in [-0.39, 0.29) is 11.9 Å². The van der Waals surface area contributed by atoms with Crippen LogP contribution in [0.3, 0.4) is 0 Å². The highest BCUT2D eigenvalue weighted by atomic mass is 16.1. The molecule has 7 nitrogen and oxygen atoms in total. The van der Waals surface area contributed by atoms with Gasteiger partial charge in [-0.2, -0.15) is 5.10 Å². The standard InChI is InChI=1S/C24H24N6O/c1-16(31)26-24-25-13-12-21(27-24)19-9-10-20-22(28-29-23(20)14-19)11-8-17-4-6-18(7-5-17)15-30(2)3/h4-14H,15H2,1-3H3,(H,28,29)(H,25,26,27,31). The Morgan fingerprint density at radius 1 is 1.10 bits per heavy atom. The van der Waals surface area contributed by atoms with Crippen molar-refractivity contribution >= 4 is 34.9 Å². The molecule has 31 heavy (non-hydrogen) atoms. The molecule has 2 N–H and O–H groups in total. The summed E-state index contributed by atoms with van der Waals surface area (Å²) < 4.78 is 0. The van der Waals surface area contributed by atoms with Crippen molar-refractivity contribution in [1.29, 1.82) is 0 Å². The Kier molecular flexibility index (Phi) is 5.86. The average Bonchev–Trinajstić information content (AvgIpc) is 3.15. The van der Waals surface area contributed by atoms with Gasteiger partial charge in [-0.1, -0.05) is 36.4 Å². The summed E-state index contributed by atoms with van der Waals surface area (Å²) in [5, 5.41) is 11.2. The lowest BCUT2D eigenvalue weighted by atomic mass is 10.1. The van der Waals surface area contributed by atoms with E-state index in [0.717, 1.165) is 40.0 Å². The highest BCUT2D eigenvalue weighted by Crippen LogP contribution is 2.25. The number of nitrogens with one attached hydrogen (secondary N) is 2. The summed E-state index contributed by atoms with van der Waals surface area (Å²) in [6, 6.07) is 16.3. The number of aromatic nitrogens is 4. The molecule has 2 aromatic heterocycles. The van der Waals surface area contributed by atoms with E-state index in [0.29, 0.717) is 0 Å². The number of carbonyl (C=O) groups is 1. The van der Waals surface area contributed by atoms with Crippen molar-refractivity contribution in [3.05, 3.63) is 71.5 Å². The maximum Gasteiger partial charge on any atom is 0.229 e. The van der Waals surface area contributed by atoms with E-state index < -0.39 is 0 Å². The Bertz CT molecular complexity index is 1240. The minimum atomic E-state index is -0.204. The number of carbonyl (C=O) groups excluding carboxylic acids is 1. The van der Waals surface area contributed by atoms with Gasteiger partial charge >= 0.3 is 0 Å². The Morgan fingerprint density at radius 3 is 2.65 bits per heavy atom. The SMILES string of the molecule is CC(=O)Nc1nccc(-c2ccc3c(C=Cc4ccc(CN(C)C)cc4)n[nH]c3c2)n1. The van der Waals surface area contributed by atoms with Gasteiger partial charge in [0.15, 0.2) is 0 Å². The number of fused-ring (bicyclic) bond motifs is 1. The third-order valence-corrected chi connectivity index (χ3v) is 4.74. The maximum atomic E-state index is 11.2. The van der Waals surface area contributed by atoms with Gasteiger partial charge in [0.05, 0.1) is 16.9 Å². The van der Waals surface area contributed by atoms with Crippen LogP contribution in [0, 0.1) is 0 Å². The molecule has 4 rings (SSSR count). The topological polar surface area (TPSA) is 86.8 Å². The fourth-order valence-electron chi connectivity index (χ4n) is 3.34. The molecule has 0 saturated heterocycles. The first-order valence-corrected chi connectivity index (χ1v) is 9.99. The van der Waals surface area contributed by atoms with E-state index in [1.54, 1.807) is 6.20 Å². The van der Waals surface area contributed by atoms with Gasteiger partial charge in [-0.25, -0.2) is 9.97 Å². The molecule has 0 unspecified atom stereocenters. The van der Waals surface area contributed by atoms with Crippen molar-refractivity contribution in [3.63, 3.8) is 0 Å². The van der Waals surface area contributed by atoms with Gasteiger partial charge in [-0.15, -0.1) is 0 Å². The molecule has 2 aromatic carbocycles. The van der Waals surface area contributed by atoms with E-state index in [1.165, 1.54) is 12.5 Å². The number of benzene rings is 2. The number of nitrogens with zero attached hydrogens (tertiary/aromatic N) is 4. The number of amides is 1. The number of aromatic amines is 1. The minimum absolute atomic E-state index is 0.204. The summed E-state index contributed by atoms with van der Waals surface area (Å²) >= 11 is 0. The van der Waals surface area contributed by atoms with Crippen molar-refractivity contribution in [2.45, 2.75) is 13.5 Å². The van der Waals surface area contributed by atoms with Crippen LogP contribution in [0.4, 0.5) is 5.95 Å². The van der Waals surface area contributed by atoms with Crippen LogP contribution in [0.2, 0.25) is 0 Å². The molecule has 0 fully saturated rings. The second-order valence-electron chi connectivity index (χ2n) is 7.63. The first-order chi connectivity index (χ1) is 15.0. The van der Waals surface area contributed by atoms with Crippen LogP contribution >= 0.6 is 0 Å². The highest BCUT2D eigenvalue weighted by molar-refractivity contribution is 5.92. The van der Waals surface area contributed by atoms with Gasteiger partial charge < -0.3 is 4.90 Å². The largest absolute Gasteiger partial charge is 0.305 e. The zero-order chi connectivity index (χ0) is 21.8. The van der Waals surface area contributed by atoms with Crippen molar-refractivity contribution in [3.8, 4) is 11.3 Å². The summed E-state index contributed by atoms with van der Waals surface area (Å²) in [4.78, 5) is 21.9. The van der Waals surface area contributed by atoms with E-state index in [1.807, 2.05) is 30.3 Å². The van der Waals surface area contributed by atoms with Gasteiger partial charge in [0.2, 0.25) is 11.9 Å². The van der Waals surface area contributed by atoms with Crippen LogP contribution in [0.1, 0.15) is 23.7 Å². The fourth-order valence-corrected chi connectivity index (χ4v) is 3.34. The molecular formula is C24H24N6O.